The molecule has 1 aliphatic carbocycles. The van der Waals surface area contributed by atoms with Crippen LogP contribution >= 0.6 is 11.3 Å². The number of likely N-dealkylation sites (tertiary alicyclic amines) is 1. The molecule has 2 N–H and O–H groups in total. The zero-order chi connectivity index (χ0) is 23.7. The molecule has 1 aromatic carbocycles. The van der Waals surface area contributed by atoms with E-state index in [0.29, 0.717) is 19.1 Å². The van der Waals surface area contributed by atoms with Crippen LogP contribution in [-0.2, 0) is 17.6 Å². The standard InChI is InChI=1S/C25H26N6O3S/c1-12-18-10-34-20(12)9-31(18)25(32)29-14-3-4-15-21(6-14)35-24-22(15)23(27-11-28-24)30-17-5-13-8-26-16(13)7-19(17)33-2/h5,7-8,11-12,14,18,20H,3-4,6,9-10H2,1-2H3,(H,29,32)(H,27,28,30). The molecular formula is C25H26N6O3S. The highest BCUT2D eigenvalue weighted by atomic mass is 32.1. The van der Waals surface area contributed by atoms with Gasteiger partial charge < -0.3 is 25.0 Å². The maximum absolute atomic E-state index is 13.0. The maximum atomic E-state index is 13.0. The molecule has 35 heavy (non-hydrogen) atoms. The number of amides is 2. The molecule has 2 bridgehead atoms. The lowest BCUT2D eigenvalue weighted by atomic mass is 9.93. The van der Waals surface area contributed by atoms with E-state index < -0.39 is 0 Å². The summed E-state index contributed by atoms with van der Waals surface area (Å²) < 4.78 is 11.3. The SMILES string of the molecule is COc1cc2c(cc1Nc1ncnc3sc4c(c13)CCC(NC(=O)N1CC3OCC1C3C)C4)=CN=2. The Labute approximate surface area is 205 Å². The molecule has 0 spiro atoms. The van der Waals surface area contributed by atoms with Gasteiger partial charge in [-0.2, -0.15) is 0 Å². The summed E-state index contributed by atoms with van der Waals surface area (Å²) in [5, 5.41) is 9.87. The molecule has 9 nitrogen and oxygen atoms in total. The van der Waals surface area contributed by atoms with Gasteiger partial charge in [-0.15, -0.1) is 11.3 Å². The molecule has 0 saturated carbocycles. The van der Waals surface area contributed by atoms with E-state index in [-0.39, 0.29) is 24.2 Å². The van der Waals surface area contributed by atoms with Crippen LogP contribution < -0.4 is 25.9 Å². The largest absolute Gasteiger partial charge is 0.494 e. The number of rotatable bonds is 4. The topological polar surface area (TPSA) is 101 Å². The number of anilines is 2. The van der Waals surface area contributed by atoms with Crippen molar-refractivity contribution < 1.29 is 14.3 Å². The minimum atomic E-state index is 0.0423. The second-order valence-corrected chi connectivity index (χ2v) is 10.8. The number of carbonyl (C=O) groups is 1. The predicted molar refractivity (Wildman–Crippen MR) is 133 cm³/mol. The third-order valence-corrected chi connectivity index (χ3v) is 8.99. The molecule has 2 fully saturated rings. The van der Waals surface area contributed by atoms with E-state index in [1.54, 1.807) is 24.8 Å². The number of aryl methyl sites for hydroxylation is 1. The summed E-state index contributed by atoms with van der Waals surface area (Å²) in [7, 11) is 1.66. The summed E-state index contributed by atoms with van der Waals surface area (Å²) in [6.07, 6.45) is 6.22. The van der Waals surface area contributed by atoms with Crippen molar-refractivity contribution in [1.82, 2.24) is 20.2 Å². The van der Waals surface area contributed by atoms with Gasteiger partial charge in [-0.05, 0) is 24.5 Å². The van der Waals surface area contributed by atoms with Crippen molar-refractivity contribution in [3.8, 4) is 5.75 Å². The van der Waals surface area contributed by atoms with Crippen molar-refractivity contribution in [3.05, 3.63) is 39.5 Å². The molecule has 2 amide bonds. The first-order valence-corrected chi connectivity index (χ1v) is 12.9. The third-order valence-electron chi connectivity index (χ3n) is 7.83. The van der Waals surface area contributed by atoms with Crippen molar-refractivity contribution in [2.45, 2.75) is 44.4 Å². The normalized spacial score (nSPS) is 25.8. The Hall–Kier alpha value is -3.24. The summed E-state index contributed by atoms with van der Waals surface area (Å²) >= 11 is 1.70. The molecule has 5 heterocycles. The first-order chi connectivity index (χ1) is 17.1. The molecule has 0 radical (unpaired) electrons. The summed E-state index contributed by atoms with van der Waals surface area (Å²) in [6, 6.07) is 4.34. The molecule has 10 heteroatoms. The van der Waals surface area contributed by atoms with Crippen LogP contribution in [0.3, 0.4) is 0 Å². The number of aromatic nitrogens is 2. The number of hydrogen-bond acceptors (Lipinski definition) is 8. The Morgan fingerprint density at radius 3 is 2.97 bits per heavy atom. The number of nitrogens with one attached hydrogen (secondary N) is 2. The number of fused-ring (bicyclic) bond motifs is 6. The van der Waals surface area contributed by atoms with Gasteiger partial charge in [-0.3, -0.25) is 4.99 Å². The number of thiophene rings is 1. The minimum absolute atomic E-state index is 0.0423. The van der Waals surface area contributed by atoms with Crippen LogP contribution in [0.25, 0.3) is 16.4 Å². The molecule has 2 saturated heterocycles. The molecule has 3 aliphatic heterocycles. The van der Waals surface area contributed by atoms with Gasteiger partial charge in [0.05, 0.1) is 42.3 Å². The molecule has 2 aromatic heterocycles. The zero-order valence-electron chi connectivity index (χ0n) is 19.6. The fraction of sp³-hybridized carbons (Fsp3) is 0.440. The van der Waals surface area contributed by atoms with Crippen LogP contribution in [0, 0.1) is 5.92 Å². The van der Waals surface area contributed by atoms with Gasteiger partial charge in [0, 0.05) is 47.3 Å². The lowest BCUT2D eigenvalue weighted by Crippen LogP contribution is -2.51. The number of carbonyl (C=O) groups excluding carboxylic acids is 1. The first kappa shape index (κ1) is 21.1. The Bertz CT molecular complexity index is 1490. The van der Waals surface area contributed by atoms with Crippen LogP contribution in [0.5, 0.6) is 5.75 Å². The van der Waals surface area contributed by atoms with E-state index in [0.717, 1.165) is 57.3 Å². The average Bonchev–Trinajstić information content (AvgIpc) is 3.50. The van der Waals surface area contributed by atoms with Crippen LogP contribution in [0.4, 0.5) is 16.3 Å². The van der Waals surface area contributed by atoms with E-state index in [9.17, 15) is 4.79 Å². The van der Waals surface area contributed by atoms with Gasteiger partial charge >= 0.3 is 6.03 Å². The number of benzene rings is 1. The fourth-order valence-electron chi connectivity index (χ4n) is 5.78. The second kappa shape index (κ2) is 7.89. The number of urea groups is 1. The molecule has 4 aliphatic rings. The summed E-state index contributed by atoms with van der Waals surface area (Å²) in [5.41, 5.74) is 2.14. The molecule has 4 atom stereocenters. The Morgan fingerprint density at radius 2 is 2.23 bits per heavy atom. The van der Waals surface area contributed by atoms with Crippen molar-refractivity contribution in [2.24, 2.45) is 10.9 Å². The molecular weight excluding hydrogens is 464 g/mol. The zero-order valence-corrected chi connectivity index (χ0v) is 20.4. The van der Waals surface area contributed by atoms with E-state index >= 15 is 0 Å². The maximum Gasteiger partial charge on any atom is 0.318 e. The summed E-state index contributed by atoms with van der Waals surface area (Å²) in [6.45, 7) is 3.53. The summed E-state index contributed by atoms with van der Waals surface area (Å²) in [5.74, 6) is 1.93. The van der Waals surface area contributed by atoms with Gasteiger partial charge in [-0.1, -0.05) is 6.92 Å². The average molecular weight is 491 g/mol. The van der Waals surface area contributed by atoms with Crippen molar-refractivity contribution in [3.63, 3.8) is 0 Å². The van der Waals surface area contributed by atoms with Gasteiger partial charge in [0.2, 0.25) is 0 Å². The number of methoxy groups -OCH3 is 1. The minimum Gasteiger partial charge on any atom is -0.494 e. The molecule has 4 unspecified atom stereocenters. The van der Waals surface area contributed by atoms with Crippen molar-refractivity contribution in [2.75, 3.05) is 25.6 Å². The van der Waals surface area contributed by atoms with E-state index in [2.05, 4.69) is 32.5 Å². The number of morpholine rings is 1. The van der Waals surface area contributed by atoms with Crippen molar-refractivity contribution >= 4 is 45.3 Å². The van der Waals surface area contributed by atoms with E-state index in [1.807, 2.05) is 23.2 Å². The van der Waals surface area contributed by atoms with Crippen molar-refractivity contribution in [1.29, 1.82) is 0 Å². The molecule has 7 rings (SSSR count). The Balaban J connectivity index is 1.13. The number of hydrogen-bond donors (Lipinski definition) is 2. The monoisotopic (exact) mass is 490 g/mol. The second-order valence-electron chi connectivity index (χ2n) is 9.74. The third kappa shape index (κ3) is 3.30. The predicted octanol–water partition coefficient (Wildman–Crippen LogP) is 2.10. The lowest BCUT2D eigenvalue weighted by molar-refractivity contribution is 0.0416. The highest BCUT2D eigenvalue weighted by Crippen LogP contribution is 2.40. The quantitative estimate of drug-likeness (QED) is 0.581. The van der Waals surface area contributed by atoms with E-state index in [1.165, 1.54) is 10.4 Å². The van der Waals surface area contributed by atoms with Crippen LogP contribution in [0.2, 0.25) is 0 Å². The highest BCUT2D eigenvalue weighted by molar-refractivity contribution is 7.19. The smallest absolute Gasteiger partial charge is 0.318 e. The first-order valence-electron chi connectivity index (χ1n) is 12.1. The molecule has 3 aromatic rings. The summed E-state index contributed by atoms with van der Waals surface area (Å²) in [4.78, 5) is 30.6. The highest BCUT2D eigenvalue weighted by Gasteiger charge is 2.47. The van der Waals surface area contributed by atoms with Gasteiger partial charge in [-0.25, -0.2) is 14.8 Å². The lowest BCUT2D eigenvalue weighted by Gasteiger charge is -2.31. The number of nitrogens with zero attached hydrogens (tertiary/aromatic N) is 4. The van der Waals surface area contributed by atoms with E-state index in [4.69, 9.17) is 9.47 Å². The Kier molecular flexibility index (Phi) is 4.75. The van der Waals surface area contributed by atoms with Gasteiger partial charge in [0.15, 0.2) is 0 Å². The van der Waals surface area contributed by atoms with Crippen LogP contribution in [0.1, 0.15) is 23.8 Å². The van der Waals surface area contributed by atoms with Gasteiger partial charge in [0.1, 0.15) is 22.7 Å². The Morgan fingerprint density at radius 1 is 1.31 bits per heavy atom. The molecule has 180 valence electrons. The van der Waals surface area contributed by atoms with Crippen LogP contribution in [0.15, 0.2) is 23.5 Å². The number of ether oxygens (including phenoxy) is 2. The van der Waals surface area contributed by atoms with Crippen LogP contribution in [-0.4, -0.2) is 59.3 Å². The fourth-order valence-corrected chi connectivity index (χ4v) is 7.05. The van der Waals surface area contributed by atoms with Gasteiger partial charge in [0.25, 0.3) is 0 Å².